The Kier molecular flexibility index (Phi) is 34.4. The van der Waals surface area contributed by atoms with Crippen molar-refractivity contribution >= 4 is 84.4 Å². The summed E-state index contributed by atoms with van der Waals surface area (Å²) in [4.78, 5) is 107. The summed E-state index contributed by atoms with van der Waals surface area (Å²) in [6, 6.07) is 47.2. The number of aliphatic hydroxyl groups is 2. The van der Waals surface area contributed by atoms with Crippen molar-refractivity contribution in [3.05, 3.63) is 256 Å². The molecule has 0 radical (unpaired) electrons. The number of nitrogens with one attached hydrogen (secondary N) is 3. The number of H-pyrrole nitrogens is 1. The zero-order chi connectivity index (χ0) is 97.1. The zero-order valence-electron chi connectivity index (χ0n) is 72.4. The third kappa shape index (κ3) is 27.3. The summed E-state index contributed by atoms with van der Waals surface area (Å²) in [7, 11) is -2.24. The van der Waals surface area contributed by atoms with Crippen molar-refractivity contribution in [3.63, 3.8) is 0 Å². The number of ether oxygens (including phenoxy) is 9. The van der Waals surface area contributed by atoms with Crippen LogP contribution in [0.25, 0.3) is 46.6 Å². The molecule has 0 bridgehead atoms. The highest BCUT2D eigenvalue weighted by atomic mass is 35.5. The number of aliphatic hydroxyl groups excluding tert-OH is 1. The predicted octanol–water partition coefficient (Wildman–Crippen LogP) is 14.2. The van der Waals surface area contributed by atoms with Crippen LogP contribution in [-0.2, 0) is 45.3 Å². The van der Waals surface area contributed by atoms with E-state index in [0.717, 1.165) is 11.1 Å². The number of rotatable bonds is 30. The van der Waals surface area contributed by atoms with E-state index in [2.05, 4.69) is 89.2 Å². The Morgan fingerprint density at radius 3 is 1.03 bits per heavy atom. The molecule has 0 saturated heterocycles. The minimum absolute atomic E-state index is 0.0169. The van der Waals surface area contributed by atoms with Crippen molar-refractivity contribution < 1.29 is 104 Å². The normalized spacial score (nSPS) is 11.1. The molecule has 0 aliphatic rings. The van der Waals surface area contributed by atoms with Crippen molar-refractivity contribution in [1.82, 2.24) is 79.7 Å². The second kappa shape index (κ2) is 45.8. The van der Waals surface area contributed by atoms with Crippen molar-refractivity contribution in [2.24, 2.45) is 0 Å². The molecule has 0 spiro atoms. The van der Waals surface area contributed by atoms with Crippen LogP contribution in [0.1, 0.15) is 65.5 Å². The van der Waals surface area contributed by atoms with Crippen LogP contribution in [0.5, 0.6) is 80.8 Å². The number of aromatic hydroxyl groups is 1. The van der Waals surface area contributed by atoms with Crippen LogP contribution in [-0.4, -0.2) is 192 Å². The van der Waals surface area contributed by atoms with Gasteiger partial charge in [0.2, 0.25) is 34.7 Å². The van der Waals surface area contributed by atoms with Gasteiger partial charge < -0.3 is 78.3 Å². The van der Waals surface area contributed by atoms with Gasteiger partial charge in [-0.25, -0.2) is 86.4 Å². The summed E-state index contributed by atoms with van der Waals surface area (Å²) in [5.41, 5.74) is -1.71. The Morgan fingerprint density at radius 2 is 0.701 bits per heavy atom. The molecule has 6 aromatic carbocycles. The van der Waals surface area contributed by atoms with E-state index in [1.54, 1.807) is 152 Å². The average molecular weight is 1930 g/mol. The van der Waals surface area contributed by atoms with Gasteiger partial charge in [-0.2, -0.15) is 9.97 Å². The topological polar surface area (TPSA) is 574 Å². The number of aromatic nitrogens is 16. The number of sulfonamides is 2. The second-order valence-electron chi connectivity index (χ2n) is 29.2. The Morgan fingerprint density at radius 1 is 0.396 bits per heavy atom. The van der Waals surface area contributed by atoms with Gasteiger partial charge >= 0.3 is 17.9 Å². The third-order valence-corrected chi connectivity index (χ3v) is 21.1. The van der Waals surface area contributed by atoms with Gasteiger partial charge in [0.15, 0.2) is 108 Å². The summed E-state index contributed by atoms with van der Waals surface area (Å²) < 4.78 is 108. The molecule has 14 rings (SSSR count). The van der Waals surface area contributed by atoms with Gasteiger partial charge in [0.05, 0.1) is 57.7 Å². The number of aromatic amines is 1. The van der Waals surface area contributed by atoms with Crippen LogP contribution in [0.4, 0.5) is 11.6 Å². The Labute approximate surface area is 779 Å². The molecule has 0 aliphatic carbocycles. The fraction of sp³-hybridized carbons (Fsp3) is 0.193. The fourth-order valence-corrected chi connectivity index (χ4v) is 13.8. The number of carbonyl (C=O) groups is 3. The van der Waals surface area contributed by atoms with Gasteiger partial charge in [-0.05, 0) is 119 Å². The van der Waals surface area contributed by atoms with E-state index >= 15 is 0 Å². The maximum Gasteiger partial charge on any atom is 0.336 e. The highest BCUT2D eigenvalue weighted by molar-refractivity contribution is 7.93. The van der Waals surface area contributed by atoms with Gasteiger partial charge in [0.25, 0.3) is 43.1 Å². The maximum atomic E-state index is 13.5. The monoisotopic (exact) mass is 1930 g/mol. The third-order valence-electron chi connectivity index (χ3n) is 17.6. The maximum absolute atomic E-state index is 13.5. The first-order valence-corrected chi connectivity index (χ1v) is 43.2. The van der Waals surface area contributed by atoms with Crippen molar-refractivity contribution in [2.75, 3.05) is 51.1 Å². The van der Waals surface area contributed by atoms with Gasteiger partial charge in [-0.15, -0.1) is 0 Å². The molecule has 0 fully saturated rings. The molecular formula is C88H83Cl3N18O23S2. The first kappa shape index (κ1) is 101. The van der Waals surface area contributed by atoms with Gasteiger partial charge in [-0.3, -0.25) is 23.8 Å². The van der Waals surface area contributed by atoms with Crippen molar-refractivity contribution in [2.45, 2.75) is 80.6 Å². The van der Waals surface area contributed by atoms with Crippen LogP contribution in [0.15, 0.2) is 234 Å². The zero-order valence-corrected chi connectivity index (χ0v) is 76.3. The van der Waals surface area contributed by atoms with Gasteiger partial charge in [-0.1, -0.05) is 149 Å². The molecule has 134 heavy (non-hydrogen) atoms. The summed E-state index contributed by atoms with van der Waals surface area (Å²) in [6.45, 7) is 11.8. The Bertz CT molecular complexity index is 6680. The first-order chi connectivity index (χ1) is 63.8. The van der Waals surface area contributed by atoms with E-state index in [-0.39, 0.29) is 142 Å². The van der Waals surface area contributed by atoms with Crippen LogP contribution in [0.2, 0.25) is 15.5 Å². The molecule has 0 atom stereocenters. The lowest BCUT2D eigenvalue weighted by atomic mass is 9.87. The van der Waals surface area contributed by atoms with Crippen LogP contribution < -0.4 is 57.6 Å². The summed E-state index contributed by atoms with van der Waals surface area (Å²) in [5.74, 6) is -2.46. The lowest BCUT2D eigenvalue weighted by Gasteiger charge is -2.20. The van der Waals surface area contributed by atoms with E-state index in [9.17, 15) is 46.2 Å². The number of halogens is 3. The van der Waals surface area contributed by atoms with Crippen LogP contribution in [0, 0.1) is 0 Å². The standard InChI is InChI=1S/C27H29N5O6S.C25H24ClN5O4S.C15H10Cl2N4O2.C15H12N4O4.C6H8O7/c1-27(2,3)18-10-12-19(13-11-18)39(34,35)32-23-22(38-21-9-6-5-8-20(21)36-4)26(37-17-16-33)31-25(30-23)24-28-14-7-15-29-24;1-25(2,3)16-10-12-17(13-11-16)36(32,33)31-22-20(35-19-9-6-5-8-18(19)34-4)21(26)29-24(30-22)23-27-14-7-15-28-23;1-22-9-5-2-3-6-10(9)23-11-12(16)20-15(21-13(11)17)14-18-7-4-8-19-14;1-22-9-5-2-3-6-10(9)23-11-14(20)18-13(19-15(11)21)12-16-7-4-8-17-12;7-3(8)1-6(13,5(11)12)2-4(9)10/h5-15,33H,16-17H2,1-4H3,(H,30,31,32);5-15H,1-4H3,(H,29,30,31);2-8H,1H3;2-8H,1H3,(H2,18,19,20,21);13H,1-2H2,(H,7,8)(H,9,10)(H,11,12). The minimum atomic E-state index is -4.14. The molecule has 9 N–H and O–H groups in total. The fourth-order valence-electron chi connectivity index (χ4n) is 11.1. The number of aliphatic carboxylic acids is 3. The van der Waals surface area contributed by atoms with Crippen LogP contribution in [0.3, 0.4) is 0 Å². The average Bonchev–Trinajstić information content (AvgIpc) is 0.792. The molecule has 0 unspecified atom stereocenters. The van der Waals surface area contributed by atoms with Crippen LogP contribution >= 0.6 is 34.8 Å². The number of para-hydroxylation sites is 8. The number of methoxy groups -OCH3 is 4. The number of anilines is 2. The van der Waals surface area contributed by atoms with E-state index in [1.807, 2.05) is 47.6 Å². The Balaban J connectivity index is 0.000000181. The number of benzene rings is 6. The number of hydrogen-bond acceptors (Lipinski definition) is 35. The molecule has 0 aliphatic heterocycles. The molecular weight excluding hydrogens is 1850 g/mol. The summed E-state index contributed by atoms with van der Waals surface area (Å²) >= 11 is 18.8. The SMILES string of the molecule is COc1ccccc1Oc1c(Cl)nc(-c2ncccn2)nc1Cl.COc1ccccc1Oc1c(Cl)nc(-c2ncccn2)nc1NS(=O)(=O)c1ccc(C(C)(C)C)cc1.COc1ccccc1Oc1c(NS(=O)(=O)c2ccc(C(C)(C)C)cc2)nc(-c2ncccn2)nc1OCCO.COc1ccccc1Oc1c(O)nc(-c2ncccn2)[nH]c1=O.O=C(O)CC(O)(CC(=O)O)C(=O)O. The first-order valence-electron chi connectivity index (χ1n) is 39.1. The molecule has 46 heteroatoms. The molecule has 0 saturated carbocycles. The summed E-state index contributed by atoms with van der Waals surface area (Å²) in [6.07, 6.45) is 9.89. The van der Waals surface area contributed by atoms with E-state index in [1.165, 1.54) is 89.9 Å². The molecule has 14 aromatic rings. The molecule has 0 amide bonds. The van der Waals surface area contributed by atoms with Crippen molar-refractivity contribution in [3.8, 4) is 127 Å². The smallest absolute Gasteiger partial charge is 0.336 e. The number of hydrogen-bond donors (Lipinski definition) is 9. The second-order valence-corrected chi connectivity index (χ2v) is 33.6. The lowest BCUT2D eigenvalue weighted by Crippen LogP contribution is -2.42. The van der Waals surface area contributed by atoms with E-state index in [0.29, 0.717) is 40.3 Å². The van der Waals surface area contributed by atoms with Gasteiger partial charge in [0, 0.05) is 49.6 Å². The molecule has 696 valence electrons. The molecule has 8 heterocycles. The lowest BCUT2D eigenvalue weighted by molar-refractivity contribution is -0.170. The predicted molar refractivity (Wildman–Crippen MR) is 486 cm³/mol. The summed E-state index contributed by atoms with van der Waals surface area (Å²) in [5, 5.41) is 53.2. The largest absolute Gasteiger partial charge is 0.493 e. The van der Waals surface area contributed by atoms with Gasteiger partial charge in [0.1, 0.15) is 6.61 Å². The van der Waals surface area contributed by atoms with Crippen molar-refractivity contribution in [1.29, 1.82) is 0 Å². The highest BCUT2D eigenvalue weighted by Gasteiger charge is 2.41. The molecule has 41 nitrogen and oxygen atoms in total. The number of carboxylic acids is 3. The van der Waals surface area contributed by atoms with E-state index < -0.39 is 67.8 Å². The minimum Gasteiger partial charge on any atom is -0.493 e. The number of nitrogens with zero attached hydrogens (tertiary/aromatic N) is 15. The molecule has 8 aromatic heterocycles. The quantitative estimate of drug-likeness (QED) is 0.0189. The highest BCUT2D eigenvalue weighted by Crippen LogP contribution is 2.45. The van der Waals surface area contributed by atoms with E-state index in [4.69, 9.17) is 97.9 Å². The number of carboxylic acid groups (broad SMARTS) is 3. The Hall–Kier alpha value is -15.5.